The normalized spacial score (nSPS) is 13.9. The van der Waals surface area contributed by atoms with E-state index in [0.717, 1.165) is 5.69 Å². The molecule has 1 aliphatic heterocycles. The number of aromatic nitrogens is 3. The van der Waals surface area contributed by atoms with Gasteiger partial charge in [0.2, 0.25) is 0 Å². The molecule has 27 heavy (non-hydrogen) atoms. The van der Waals surface area contributed by atoms with Gasteiger partial charge in [-0.25, -0.2) is 4.98 Å². The smallest absolute Gasteiger partial charge is 0.270 e. The molecule has 1 aliphatic rings. The number of hydrogen-bond donors (Lipinski definition) is 2. The van der Waals surface area contributed by atoms with Crippen LogP contribution in [0.4, 0.5) is 5.69 Å². The zero-order valence-corrected chi connectivity index (χ0v) is 15.0. The van der Waals surface area contributed by atoms with Crippen molar-refractivity contribution in [1.29, 1.82) is 0 Å². The van der Waals surface area contributed by atoms with Crippen LogP contribution in [0.3, 0.4) is 0 Å². The lowest BCUT2D eigenvalue weighted by Crippen LogP contribution is -2.59. The summed E-state index contributed by atoms with van der Waals surface area (Å²) in [6, 6.07) is 11.9. The van der Waals surface area contributed by atoms with Crippen LogP contribution in [-0.2, 0) is 0 Å². The molecule has 3 aromatic rings. The second-order valence-corrected chi connectivity index (χ2v) is 6.70. The standard InChI is InChI=1S/C19H16ClN5O2/c20-13-3-1-12(2-4-13)18-23-16(9-17(26)24-18)19(27)22-14-10-25(11-14)15-5-7-21-8-6-15/h1-9,14H,10-11H2,(H,22,27)(H,23,24,26). The Labute approximate surface area is 160 Å². The first-order valence-corrected chi connectivity index (χ1v) is 8.79. The van der Waals surface area contributed by atoms with Gasteiger partial charge in [0.1, 0.15) is 11.5 Å². The number of carbonyl (C=O) groups is 1. The minimum atomic E-state index is -0.382. The maximum atomic E-state index is 12.5. The minimum absolute atomic E-state index is 0.00531. The Bertz CT molecular complexity index is 1010. The summed E-state index contributed by atoms with van der Waals surface area (Å²) in [4.78, 5) is 37.5. The van der Waals surface area contributed by atoms with Crippen LogP contribution in [0.5, 0.6) is 0 Å². The van der Waals surface area contributed by atoms with Gasteiger partial charge >= 0.3 is 0 Å². The fraction of sp³-hybridized carbons (Fsp3) is 0.158. The second-order valence-electron chi connectivity index (χ2n) is 6.27. The lowest BCUT2D eigenvalue weighted by molar-refractivity contribution is 0.0925. The Balaban J connectivity index is 1.45. The zero-order valence-electron chi connectivity index (χ0n) is 14.2. The zero-order chi connectivity index (χ0) is 18.8. The molecule has 1 saturated heterocycles. The van der Waals surface area contributed by atoms with E-state index in [1.165, 1.54) is 6.07 Å². The first-order chi connectivity index (χ1) is 13.1. The van der Waals surface area contributed by atoms with Crippen molar-refractivity contribution in [2.75, 3.05) is 18.0 Å². The molecule has 2 aromatic heterocycles. The van der Waals surface area contributed by atoms with Crippen molar-refractivity contribution in [2.45, 2.75) is 6.04 Å². The number of carbonyl (C=O) groups excluding carboxylic acids is 1. The van der Waals surface area contributed by atoms with Crippen molar-refractivity contribution < 1.29 is 4.79 Å². The quantitative estimate of drug-likeness (QED) is 0.722. The molecule has 1 aromatic carbocycles. The fourth-order valence-electron chi connectivity index (χ4n) is 2.91. The van der Waals surface area contributed by atoms with E-state index < -0.39 is 0 Å². The molecule has 2 N–H and O–H groups in total. The highest BCUT2D eigenvalue weighted by atomic mass is 35.5. The predicted octanol–water partition coefficient (Wildman–Crippen LogP) is 2.10. The van der Waals surface area contributed by atoms with Gasteiger partial charge in [0.25, 0.3) is 11.5 Å². The third kappa shape index (κ3) is 3.83. The van der Waals surface area contributed by atoms with Crippen LogP contribution >= 0.6 is 11.6 Å². The molecule has 1 fully saturated rings. The van der Waals surface area contributed by atoms with Gasteiger partial charge in [-0.2, -0.15) is 0 Å². The second kappa shape index (κ2) is 7.20. The van der Waals surface area contributed by atoms with Crippen LogP contribution < -0.4 is 15.8 Å². The summed E-state index contributed by atoms with van der Waals surface area (Å²) in [6.07, 6.45) is 3.47. The first kappa shape index (κ1) is 17.2. The van der Waals surface area contributed by atoms with Gasteiger partial charge in [-0.1, -0.05) is 11.6 Å². The lowest BCUT2D eigenvalue weighted by atomic mass is 10.1. The van der Waals surface area contributed by atoms with Crippen LogP contribution in [0.2, 0.25) is 5.02 Å². The third-order valence-electron chi connectivity index (χ3n) is 4.34. The van der Waals surface area contributed by atoms with Crippen LogP contribution in [0.1, 0.15) is 10.5 Å². The Morgan fingerprint density at radius 1 is 1.15 bits per heavy atom. The van der Waals surface area contributed by atoms with Crippen molar-refractivity contribution >= 4 is 23.2 Å². The highest BCUT2D eigenvalue weighted by Crippen LogP contribution is 2.20. The van der Waals surface area contributed by atoms with Gasteiger partial charge in [-0.15, -0.1) is 0 Å². The lowest BCUT2D eigenvalue weighted by Gasteiger charge is -2.41. The van der Waals surface area contributed by atoms with E-state index in [0.29, 0.717) is 29.5 Å². The largest absolute Gasteiger partial charge is 0.367 e. The molecule has 0 aliphatic carbocycles. The van der Waals surface area contributed by atoms with Crippen molar-refractivity contribution in [3.8, 4) is 11.4 Å². The third-order valence-corrected chi connectivity index (χ3v) is 4.59. The Hall–Kier alpha value is -3.19. The van der Waals surface area contributed by atoms with E-state index in [1.54, 1.807) is 36.7 Å². The number of hydrogen-bond acceptors (Lipinski definition) is 5. The average molecular weight is 382 g/mol. The van der Waals surface area contributed by atoms with Gasteiger partial charge in [-0.05, 0) is 36.4 Å². The number of anilines is 1. The molecule has 0 spiro atoms. The molecule has 1 amide bonds. The van der Waals surface area contributed by atoms with Crippen molar-refractivity contribution in [1.82, 2.24) is 20.3 Å². The number of benzene rings is 1. The molecule has 0 atom stereocenters. The molecule has 3 heterocycles. The van der Waals surface area contributed by atoms with E-state index >= 15 is 0 Å². The van der Waals surface area contributed by atoms with Gasteiger partial charge < -0.3 is 15.2 Å². The summed E-state index contributed by atoms with van der Waals surface area (Å²) in [5.41, 5.74) is 1.45. The molecule has 0 saturated carbocycles. The number of aromatic amines is 1. The summed E-state index contributed by atoms with van der Waals surface area (Å²) < 4.78 is 0. The summed E-state index contributed by atoms with van der Waals surface area (Å²) in [5, 5.41) is 3.50. The molecular weight excluding hydrogens is 366 g/mol. The van der Waals surface area contributed by atoms with Crippen LogP contribution in [0.25, 0.3) is 11.4 Å². The number of nitrogens with one attached hydrogen (secondary N) is 2. The van der Waals surface area contributed by atoms with Crippen molar-refractivity contribution in [2.24, 2.45) is 0 Å². The fourth-order valence-corrected chi connectivity index (χ4v) is 3.04. The summed E-state index contributed by atoms with van der Waals surface area (Å²) >= 11 is 5.88. The van der Waals surface area contributed by atoms with Crippen molar-refractivity contribution in [3.05, 3.63) is 75.9 Å². The molecular formula is C19H16ClN5O2. The Morgan fingerprint density at radius 2 is 1.85 bits per heavy atom. The van der Waals surface area contributed by atoms with Gasteiger partial charge in [-0.3, -0.25) is 14.6 Å². The average Bonchev–Trinajstić information content (AvgIpc) is 2.65. The van der Waals surface area contributed by atoms with Crippen LogP contribution in [-0.4, -0.2) is 40.0 Å². The number of halogens is 1. The van der Waals surface area contributed by atoms with Crippen LogP contribution in [0.15, 0.2) is 59.7 Å². The maximum Gasteiger partial charge on any atom is 0.270 e. The maximum absolute atomic E-state index is 12.5. The van der Waals surface area contributed by atoms with Gasteiger partial charge in [0, 0.05) is 47.8 Å². The van der Waals surface area contributed by atoms with Gasteiger partial charge in [0.15, 0.2) is 0 Å². The van der Waals surface area contributed by atoms with Crippen molar-refractivity contribution in [3.63, 3.8) is 0 Å². The molecule has 4 rings (SSSR count). The van der Waals surface area contributed by atoms with E-state index in [9.17, 15) is 9.59 Å². The minimum Gasteiger partial charge on any atom is -0.367 e. The monoisotopic (exact) mass is 381 g/mol. The molecule has 0 unspecified atom stereocenters. The molecule has 136 valence electrons. The Kier molecular flexibility index (Phi) is 4.60. The topological polar surface area (TPSA) is 91.0 Å². The summed E-state index contributed by atoms with van der Waals surface area (Å²) in [6.45, 7) is 1.39. The Morgan fingerprint density at radius 3 is 2.56 bits per heavy atom. The van der Waals surface area contributed by atoms with Gasteiger partial charge in [0.05, 0.1) is 6.04 Å². The number of rotatable bonds is 4. The highest BCUT2D eigenvalue weighted by molar-refractivity contribution is 6.30. The van der Waals surface area contributed by atoms with E-state index in [2.05, 4.69) is 25.2 Å². The molecule has 0 bridgehead atoms. The number of nitrogens with zero attached hydrogens (tertiary/aromatic N) is 3. The number of amides is 1. The number of H-pyrrole nitrogens is 1. The SMILES string of the molecule is O=C(NC1CN(c2ccncc2)C1)c1cc(=O)[nH]c(-c2ccc(Cl)cc2)n1. The highest BCUT2D eigenvalue weighted by Gasteiger charge is 2.29. The first-order valence-electron chi connectivity index (χ1n) is 8.41. The predicted molar refractivity (Wildman–Crippen MR) is 103 cm³/mol. The summed E-state index contributed by atoms with van der Waals surface area (Å²) in [7, 11) is 0. The van der Waals surface area contributed by atoms with E-state index in [-0.39, 0.29) is 23.2 Å². The van der Waals surface area contributed by atoms with E-state index in [1.807, 2.05) is 12.1 Å². The van der Waals surface area contributed by atoms with E-state index in [4.69, 9.17) is 11.6 Å². The molecule has 7 nitrogen and oxygen atoms in total. The van der Waals surface area contributed by atoms with Crippen LogP contribution in [0, 0.1) is 0 Å². The molecule has 8 heteroatoms. The molecule has 0 radical (unpaired) electrons. The number of pyridine rings is 1. The summed E-state index contributed by atoms with van der Waals surface area (Å²) in [5.74, 6) is -0.0352.